The van der Waals surface area contributed by atoms with Crippen LogP contribution in [0.5, 0.6) is 5.75 Å². The number of rotatable bonds is 1. The first-order valence-corrected chi connectivity index (χ1v) is 5.91. The molecule has 0 unspecified atom stereocenters. The Morgan fingerprint density at radius 2 is 2.00 bits per heavy atom. The van der Waals surface area contributed by atoms with E-state index in [2.05, 4.69) is 4.98 Å². The Kier molecular flexibility index (Phi) is 2.56. The van der Waals surface area contributed by atoms with Crippen molar-refractivity contribution in [2.75, 3.05) is 0 Å². The summed E-state index contributed by atoms with van der Waals surface area (Å²) in [6.07, 6.45) is 1.66. The molecule has 0 aliphatic rings. The number of pyridine rings is 2. The summed E-state index contributed by atoms with van der Waals surface area (Å²) in [7, 11) is 1.70. The predicted molar refractivity (Wildman–Crippen MR) is 74.1 cm³/mol. The number of hydrogen-bond donors (Lipinski definition) is 1. The average molecular weight is 252 g/mol. The van der Waals surface area contributed by atoms with E-state index in [1.807, 2.05) is 18.2 Å². The van der Waals surface area contributed by atoms with Crippen LogP contribution in [0.2, 0.25) is 0 Å². The van der Waals surface area contributed by atoms with Crippen molar-refractivity contribution in [1.29, 1.82) is 0 Å². The molecular weight excluding hydrogens is 240 g/mol. The topological polar surface area (TPSA) is 55.1 Å². The van der Waals surface area contributed by atoms with Crippen LogP contribution in [0.25, 0.3) is 22.2 Å². The van der Waals surface area contributed by atoms with Crippen molar-refractivity contribution in [2.45, 2.75) is 0 Å². The minimum Gasteiger partial charge on any atom is -0.508 e. The highest BCUT2D eigenvalue weighted by Crippen LogP contribution is 2.27. The molecule has 1 aromatic carbocycles. The van der Waals surface area contributed by atoms with Gasteiger partial charge in [-0.3, -0.25) is 9.36 Å². The minimum absolute atomic E-state index is 0.121. The molecule has 3 rings (SSSR count). The number of benzene rings is 1. The van der Waals surface area contributed by atoms with E-state index in [0.717, 1.165) is 16.5 Å². The van der Waals surface area contributed by atoms with E-state index in [0.29, 0.717) is 5.65 Å². The molecule has 0 aliphatic heterocycles. The van der Waals surface area contributed by atoms with Crippen LogP contribution in [0.15, 0.2) is 53.5 Å². The Balaban J connectivity index is 2.42. The molecular formula is C15H12N2O2. The number of aryl methyl sites for hydroxylation is 1. The Bertz CT molecular complexity index is 822. The molecule has 0 spiro atoms. The Labute approximate surface area is 109 Å². The number of phenolic OH excluding ortho intramolecular Hbond substituents is 1. The number of nitrogens with zero attached hydrogens (tertiary/aromatic N) is 2. The number of hydrogen-bond acceptors (Lipinski definition) is 3. The van der Waals surface area contributed by atoms with Crippen LogP contribution in [-0.4, -0.2) is 14.7 Å². The Morgan fingerprint density at radius 3 is 2.79 bits per heavy atom. The summed E-state index contributed by atoms with van der Waals surface area (Å²) in [5.74, 6) is 0.176. The van der Waals surface area contributed by atoms with Gasteiger partial charge in [-0.2, -0.15) is 0 Å². The molecule has 0 amide bonds. The van der Waals surface area contributed by atoms with Gasteiger partial charge in [0.2, 0.25) is 0 Å². The van der Waals surface area contributed by atoms with E-state index in [4.69, 9.17) is 0 Å². The normalized spacial score (nSPS) is 10.8. The standard InChI is InChI=1S/C15H12N2O2/c1-17-14(19)9-13(10-4-2-5-11(18)8-10)12-6-3-7-16-15(12)17/h2-9,18H,1H3. The second kappa shape index (κ2) is 4.24. The second-order valence-corrected chi connectivity index (χ2v) is 4.38. The molecule has 4 nitrogen and oxygen atoms in total. The van der Waals surface area contributed by atoms with Crippen LogP contribution >= 0.6 is 0 Å². The molecule has 0 fully saturated rings. The van der Waals surface area contributed by atoms with Gasteiger partial charge in [0, 0.05) is 24.7 Å². The summed E-state index contributed by atoms with van der Waals surface area (Å²) in [5, 5.41) is 10.5. The van der Waals surface area contributed by atoms with Crippen LogP contribution in [0.1, 0.15) is 0 Å². The lowest BCUT2D eigenvalue weighted by molar-refractivity contribution is 0.475. The van der Waals surface area contributed by atoms with Gasteiger partial charge >= 0.3 is 0 Å². The van der Waals surface area contributed by atoms with Crippen molar-refractivity contribution in [3.8, 4) is 16.9 Å². The number of aromatic hydroxyl groups is 1. The quantitative estimate of drug-likeness (QED) is 0.723. The summed E-state index contributed by atoms with van der Waals surface area (Å²) in [6, 6.07) is 12.2. The third-order valence-electron chi connectivity index (χ3n) is 3.15. The molecule has 0 radical (unpaired) electrons. The molecule has 0 saturated heterocycles. The molecule has 94 valence electrons. The van der Waals surface area contributed by atoms with Gasteiger partial charge in [0.15, 0.2) is 0 Å². The first-order valence-electron chi connectivity index (χ1n) is 5.91. The molecule has 19 heavy (non-hydrogen) atoms. The zero-order valence-electron chi connectivity index (χ0n) is 10.4. The average Bonchev–Trinajstić information content (AvgIpc) is 2.43. The highest BCUT2D eigenvalue weighted by atomic mass is 16.3. The first kappa shape index (κ1) is 11.5. The van der Waals surface area contributed by atoms with E-state index in [9.17, 15) is 9.90 Å². The maximum Gasteiger partial charge on any atom is 0.252 e. The second-order valence-electron chi connectivity index (χ2n) is 4.38. The lowest BCUT2D eigenvalue weighted by atomic mass is 10.0. The van der Waals surface area contributed by atoms with Crippen molar-refractivity contribution in [2.24, 2.45) is 7.05 Å². The molecule has 0 saturated carbocycles. The fourth-order valence-corrected chi connectivity index (χ4v) is 2.19. The zero-order valence-corrected chi connectivity index (χ0v) is 10.4. The third kappa shape index (κ3) is 1.87. The van der Waals surface area contributed by atoms with E-state index >= 15 is 0 Å². The molecule has 3 aromatic rings. The summed E-state index contributed by atoms with van der Waals surface area (Å²) in [6.45, 7) is 0. The number of fused-ring (bicyclic) bond motifs is 1. The number of phenols is 1. The molecule has 0 bridgehead atoms. The molecule has 1 N–H and O–H groups in total. The lowest BCUT2D eigenvalue weighted by Crippen LogP contribution is -2.17. The summed E-state index contributed by atoms with van der Waals surface area (Å²) in [4.78, 5) is 16.2. The molecule has 2 heterocycles. The van der Waals surface area contributed by atoms with Crippen molar-refractivity contribution in [3.63, 3.8) is 0 Å². The van der Waals surface area contributed by atoms with Gasteiger partial charge in [-0.15, -0.1) is 0 Å². The van der Waals surface area contributed by atoms with Crippen LogP contribution in [-0.2, 0) is 7.05 Å². The zero-order chi connectivity index (χ0) is 13.4. The fourth-order valence-electron chi connectivity index (χ4n) is 2.19. The van der Waals surface area contributed by atoms with Crippen molar-refractivity contribution < 1.29 is 5.11 Å². The van der Waals surface area contributed by atoms with Gasteiger partial charge in [-0.05, 0) is 35.4 Å². The fraction of sp³-hybridized carbons (Fsp3) is 0.0667. The van der Waals surface area contributed by atoms with Crippen LogP contribution < -0.4 is 5.56 Å². The Morgan fingerprint density at radius 1 is 1.16 bits per heavy atom. The van der Waals surface area contributed by atoms with Crippen molar-refractivity contribution >= 4 is 11.0 Å². The first-order chi connectivity index (χ1) is 9.16. The van der Waals surface area contributed by atoms with Crippen molar-refractivity contribution in [1.82, 2.24) is 9.55 Å². The molecule has 4 heteroatoms. The highest BCUT2D eigenvalue weighted by Gasteiger charge is 2.09. The molecule has 2 aromatic heterocycles. The van der Waals surface area contributed by atoms with Gasteiger partial charge in [0.05, 0.1) is 0 Å². The van der Waals surface area contributed by atoms with E-state index in [-0.39, 0.29) is 11.3 Å². The van der Waals surface area contributed by atoms with Gasteiger partial charge in [-0.1, -0.05) is 12.1 Å². The predicted octanol–water partition coefficient (Wildman–Crippen LogP) is 2.31. The van der Waals surface area contributed by atoms with Gasteiger partial charge in [0.25, 0.3) is 5.56 Å². The lowest BCUT2D eigenvalue weighted by Gasteiger charge is -2.09. The van der Waals surface area contributed by atoms with Crippen LogP contribution in [0.4, 0.5) is 0 Å². The maximum absolute atomic E-state index is 12.0. The van der Waals surface area contributed by atoms with Crippen molar-refractivity contribution in [3.05, 3.63) is 59.0 Å². The van der Waals surface area contributed by atoms with Crippen LogP contribution in [0, 0.1) is 0 Å². The number of aromatic nitrogens is 2. The largest absolute Gasteiger partial charge is 0.508 e. The molecule has 0 atom stereocenters. The SMILES string of the molecule is Cn1c(=O)cc(-c2cccc(O)c2)c2cccnc21. The summed E-state index contributed by atoms with van der Waals surface area (Å²) in [5.41, 5.74) is 2.09. The van der Waals surface area contributed by atoms with Gasteiger partial charge in [-0.25, -0.2) is 4.98 Å². The summed E-state index contributed by atoms with van der Waals surface area (Å²) < 4.78 is 1.52. The third-order valence-corrected chi connectivity index (χ3v) is 3.15. The maximum atomic E-state index is 12.0. The highest BCUT2D eigenvalue weighted by molar-refractivity contribution is 5.92. The van der Waals surface area contributed by atoms with Crippen LogP contribution in [0.3, 0.4) is 0 Å². The van der Waals surface area contributed by atoms with E-state index < -0.39 is 0 Å². The molecule has 0 aliphatic carbocycles. The monoisotopic (exact) mass is 252 g/mol. The van der Waals surface area contributed by atoms with E-state index in [1.54, 1.807) is 37.5 Å². The Hall–Kier alpha value is -2.62. The van der Waals surface area contributed by atoms with Gasteiger partial charge < -0.3 is 5.11 Å². The smallest absolute Gasteiger partial charge is 0.252 e. The van der Waals surface area contributed by atoms with E-state index in [1.165, 1.54) is 4.57 Å². The van der Waals surface area contributed by atoms with Gasteiger partial charge in [0.1, 0.15) is 11.4 Å². The minimum atomic E-state index is -0.121. The summed E-state index contributed by atoms with van der Waals surface area (Å²) >= 11 is 0.